The number of primary amides is 1. The van der Waals surface area contributed by atoms with Gasteiger partial charge in [-0.05, 0) is 163 Å². The highest BCUT2D eigenvalue weighted by Crippen LogP contribution is 2.42. The summed E-state index contributed by atoms with van der Waals surface area (Å²) in [4.78, 5) is 64.5. The van der Waals surface area contributed by atoms with Crippen LogP contribution in [0.2, 0.25) is 0 Å². The summed E-state index contributed by atoms with van der Waals surface area (Å²) in [6.45, 7) is 16.0. The van der Waals surface area contributed by atoms with Gasteiger partial charge in [0.25, 0.3) is 5.91 Å². The summed E-state index contributed by atoms with van der Waals surface area (Å²) in [6, 6.07) is 19.9. The zero-order chi connectivity index (χ0) is 51.3. The number of halogens is 2. The number of fused-ring (bicyclic) bond motifs is 1. The number of amides is 3. The second kappa shape index (κ2) is 22.1. The summed E-state index contributed by atoms with van der Waals surface area (Å²) in [5, 5.41) is 6.64. The lowest BCUT2D eigenvalue weighted by Crippen LogP contribution is -2.51. The van der Waals surface area contributed by atoms with Gasteiger partial charge in [-0.25, -0.2) is 23.5 Å². The minimum absolute atomic E-state index is 0.0318. The van der Waals surface area contributed by atoms with Crippen LogP contribution >= 0.6 is 0 Å². The predicted molar refractivity (Wildman–Crippen MR) is 277 cm³/mol. The van der Waals surface area contributed by atoms with Gasteiger partial charge in [0, 0.05) is 91.9 Å². The number of nitrogens with two attached hydrogens (primary N) is 1. The molecule has 5 aromatic rings. The molecule has 3 saturated heterocycles. The molecule has 0 bridgehead atoms. The number of rotatable bonds is 16. The first-order chi connectivity index (χ1) is 34.4. The van der Waals surface area contributed by atoms with Gasteiger partial charge in [0.15, 0.2) is 0 Å². The Labute approximate surface area is 421 Å². The Balaban J connectivity index is 0.802. The number of alkyl halides is 1. The minimum Gasteiger partial charge on any atom is -0.444 e. The average Bonchev–Trinajstić information content (AvgIpc) is 3.71. The monoisotopic (exact) mass is 986 g/mol. The van der Waals surface area contributed by atoms with E-state index in [2.05, 4.69) is 68.7 Å². The van der Waals surface area contributed by atoms with Crippen LogP contribution < -0.4 is 16.4 Å². The number of aryl methyl sites for hydroxylation is 1. The smallest absolute Gasteiger partial charge is 0.413 e. The zero-order valence-corrected chi connectivity index (χ0v) is 42.2. The summed E-state index contributed by atoms with van der Waals surface area (Å²) in [5.74, 6) is -0.820. The van der Waals surface area contributed by atoms with Gasteiger partial charge in [-0.1, -0.05) is 30.9 Å². The van der Waals surface area contributed by atoms with E-state index in [-0.39, 0.29) is 36.9 Å². The van der Waals surface area contributed by atoms with E-state index in [1.165, 1.54) is 23.4 Å². The maximum Gasteiger partial charge on any atom is 0.413 e. The number of carbonyl (C=O) groups is 4. The summed E-state index contributed by atoms with van der Waals surface area (Å²) in [6.07, 6.45) is 9.39. The molecule has 0 radical (unpaired) electrons. The fourth-order valence-electron chi connectivity index (χ4n) is 11.0. The molecule has 14 nitrogen and oxygen atoms in total. The Kier molecular flexibility index (Phi) is 15.9. The molecule has 4 N–H and O–H groups in total. The topological polar surface area (TPSA) is 168 Å². The maximum absolute atomic E-state index is 16.7. The van der Waals surface area contributed by atoms with Gasteiger partial charge in [0.1, 0.15) is 40.9 Å². The summed E-state index contributed by atoms with van der Waals surface area (Å²) in [5.41, 5.74) is 9.54. The first-order valence-corrected chi connectivity index (χ1v) is 25.3. The lowest BCUT2D eigenvalue weighted by molar-refractivity contribution is -0.119. The number of hydrogen-bond acceptors (Lipinski definition) is 10. The van der Waals surface area contributed by atoms with Crippen LogP contribution in [0.5, 0.6) is 0 Å². The van der Waals surface area contributed by atoms with E-state index < -0.39 is 41.0 Å². The van der Waals surface area contributed by atoms with Gasteiger partial charge in [0.05, 0.1) is 0 Å². The van der Waals surface area contributed by atoms with E-state index in [0.29, 0.717) is 67.8 Å². The molecule has 0 aliphatic carbocycles. The van der Waals surface area contributed by atoms with Crippen molar-refractivity contribution in [3.8, 4) is 11.1 Å². The first kappa shape index (κ1) is 51.8. The minimum atomic E-state index is -1.85. The molecule has 8 rings (SSSR count). The standard InChI is InChI=1S/C56H69F2N9O5/c1-7-56(58)35-65(25-23-46(56)44-16-15-42(31-47(44)57)62-48(51(59)69)9-8-30-68)34-37-19-26-67(27-20-37)53(70)40-12-10-38(11-13-40)39-21-28-66(29-22-39)36(2)49-32-45-43(18-24-60-52(45)64(49)6)41-14-17-50(61-33-41)63-54(71)72-55(3,4)5/h7,10-18,24,30-33,36-37,39,46,48,62H,1,8-9,19-23,25-29,34-35H2,2-6H3,(H2,59,69)(H,61,63,71)/t36-,46?,48?,56?/m0/s1. The van der Waals surface area contributed by atoms with Crippen molar-refractivity contribution < 1.29 is 32.7 Å². The van der Waals surface area contributed by atoms with Crippen LogP contribution in [0.15, 0.2) is 91.8 Å². The Morgan fingerprint density at radius 3 is 2.33 bits per heavy atom. The van der Waals surface area contributed by atoms with Crippen LogP contribution in [-0.2, 0) is 21.4 Å². The summed E-state index contributed by atoms with van der Waals surface area (Å²) < 4.78 is 39.8. The maximum atomic E-state index is 16.7. The normalized spacial score (nSPS) is 20.4. The highest BCUT2D eigenvalue weighted by atomic mass is 19.1. The van der Waals surface area contributed by atoms with Crippen LogP contribution in [0.4, 0.5) is 25.1 Å². The van der Waals surface area contributed by atoms with Crippen molar-refractivity contribution in [2.75, 3.05) is 56.4 Å². The van der Waals surface area contributed by atoms with Gasteiger partial charge < -0.3 is 30.0 Å². The SMILES string of the molecule is C=CC1(F)CN(CC2CCN(C(=O)c3ccc(C4CCN([C@@H](C)c5cc6c(-c7ccc(NC(=O)OC(C)(C)C)nc7)ccnc6n5C)CC4)cc3)CC2)CCC1c1ccc(NC(CCC=O)C(N)=O)cc1F. The molecule has 3 unspecified atom stereocenters. The number of aromatic nitrogens is 3. The molecule has 3 amide bonds. The predicted octanol–water partition coefficient (Wildman–Crippen LogP) is 9.54. The molecule has 2 aromatic carbocycles. The molecule has 3 aromatic heterocycles. The van der Waals surface area contributed by atoms with Crippen molar-refractivity contribution in [3.63, 3.8) is 0 Å². The summed E-state index contributed by atoms with van der Waals surface area (Å²) in [7, 11) is 2.07. The Hall–Kier alpha value is -6.52. The molecule has 72 heavy (non-hydrogen) atoms. The zero-order valence-electron chi connectivity index (χ0n) is 42.2. The lowest BCUT2D eigenvalue weighted by Gasteiger charge is -2.44. The number of piperidine rings is 3. The van der Waals surface area contributed by atoms with Crippen molar-refractivity contribution in [2.45, 2.75) is 108 Å². The van der Waals surface area contributed by atoms with E-state index in [4.69, 9.17) is 15.5 Å². The largest absolute Gasteiger partial charge is 0.444 e. The van der Waals surface area contributed by atoms with Gasteiger partial charge in [-0.2, -0.15) is 0 Å². The first-order valence-electron chi connectivity index (χ1n) is 25.3. The third-order valence-corrected chi connectivity index (χ3v) is 15.0. The second-order valence-corrected chi connectivity index (χ2v) is 20.9. The molecule has 4 atom stereocenters. The average molecular weight is 986 g/mol. The van der Waals surface area contributed by atoms with Crippen LogP contribution in [0.1, 0.15) is 118 Å². The highest BCUT2D eigenvalue weighted by molar-refractivity contribution is 5.95. The Morgan fingerprint density at radius 1 is 0.958 bits per heavy atom. The molecular formula is C56H69F2N9O5. The van der Waals surface area contributed by atoms with Crippen molar-refractivity contribution >= 4 is 46.7 Å². The van der Waals surface area contributed by atoms with Gasteiger partial charge in [-0.3, -0.25) is 24.7 Å². The lowest BCUT2D eigenvalue weighted by atomic mass is 9.77. The van der Waals surface area contributed by atoms with Gasteiger partial charge in [0.2, 0.25) is 5.91 Å². The van der Waals surface area contributed by atoms with Crippen molar-refractivity contribution in [2.24, 2.45) is 18.7 Å². The van der Waals surface area contributed by atoms with Gasteiger partial charge in [-0.15, -0.1) is 0 Å². The van der Waals surface area contributed by atoms with Gasteiger partial charge >= 0.3 is 6.09 Å². The molecule has 16 heteroatoms. The van der Waals surface area contributed by atoms with E-state index >= 15 is 8.78 Å². The van der Waals surface area contributed by atoms with Crippen LogP contribution in [0.3, 0.4) is 0 Å². The molecule has 0 saturated carbocycles. The molecule has 6 heterocycles. The molecule has 3 fully saturated rings. The molecular weight excluding hydrogens is 917 g/mol. The van der Waals surface area contributed by atoms with E-state index in [0.717, 1.165) is 60.9 Å². The Bertz CT molecular complexity index is 2740. The molecule has 3 aliphatic rings. The molecule has 382 valence electrons. The van der Waals surface area contributed by atoms with Crippen LogP contribution in [0, 0.1) is 11.7 Å². The number of nitrogens with zero attached hydrogens (tertiary/aromatic N) is 6. The van der Waals surface area contributed by atoms with Crippen LogP contribution in [-0.4, -0.2) is 117 Å². The van der Waals surface area contributed by atoms with Crippen LogP contribution in [0.25, 0.3) is 22.2 Å². The quantitative estimate of drug-likeness (QED) is 0.0640. The molecule has 3 aliphatic heterocycles. The van der Waals surface area contributed by atoms with Crippen molar-refractivity contribution in [1.82, 2.24) is 29.2 Å². The number of anilines is 2. The van der Waals surface area contributed by atoms with Crippen molar-refractivity contribution in [1.29, 1.82) is 0 Å². The highest BCUT2D eigenvalue weighted by Gasteiger charge is 2.44. The Morgan fingerprint density at radius 2 is 1.69 bits per heavy atom. The number of likely N-dealkylation sites (tertiary alicyclic amines) is 3. The fourth-order valence-corrected chi connectivity index (χ4v) is 11.0. The number of nitrogens with one attached hydrogen (secondary N) is 2. The third-order valence-electron chi connectivity index (χ3n) is 15.0. The van der Waals surface area contributed by atoms with E-state index in [1.54, 1.807) is 24.4 Å². The number of benzene rings is 2. The summed E-state index contributed by atoms with van der Waals surface area (Å²) >= 11 is 0. The van der Waals surface area contributed by atoms with E-state index in [1.807, 2.05) is 56.1 Å². The number of aldehydes is 1. The van der Waals surface area contributed by atoms with E-state index in [9.17, 15) is 19.2 Å². The number of ether oxygens (including phenoxy) is 1. The number of pyridine rings is 2. The fraction of sp³-hybridized carbons (Fsp3) is 0.464. The van der Waals surface area contributed by atoms with Crippen molar-refractivity contribution in [3.05, 3.63) is 120 Å². The second-order valence-electron chi connectivity index (χ2n) is 20.9. The molecule has 0 spiro atoms. The number of hydrogen-bond donors (Lipinski definition) is 3. The number of carbonyl (C=O) groups excluding carboxylic acids is 4. The third kappa shape index (κ3) is 11.9.